The lowest BCUT2D eigenvalue weighted by molar-refractivity contribution is 0.100. The van der Waals surface area contributed by atoms with E-state index >= 15 is 0 Å². The molecule has 0 unspecified atom stereocenters. The van der Waals surface area contributed by atoms with Crippen molar-refractivity contribution in [2.24, 2.45) is 5.73 Å². The van der Waals surface area contributed by atoms with Gasteiger partial charge < -0.3 is 16.4 Å². The molecule has 162 valence electrons. The van der Waals surface area contributed by atoms with E-state index in [9.17, 15) is 4.79 Å². The monoisotopic (exact) mass is 447 g/mol. The van der Waals surface area contributed by atoms with Gasteiger partial charge in [-0.25, -0.2) is 4.98 Å². The highest BCUT2D eigenvalue weighted by molar-refractivity contribution is 6.32. The maximum atomic E-state index is 11.3. The van der Waals surface area contributed by atoms with Crippen molar-refractivity contribution in [3.63, 3.8) is 0 Å². The first-order valence-corrected chi connectivity index (χ1v) is 10.3. The molecule has 8 nitrogen and oxygen atoms in total. The van der Waals surface area contributed by atoms with Crippen LogP contribution in [0.2, 0.25) is 5.02 Å². The van der Waals surface area contributed by atoms with Gasteiger partial charge in [0, 0.05) is 23.0 Å². The minimum absolute atomic E-state index is 0.388. The number of nitrogens with one attached hydrogen (secondary N) is 3. The van der Waals surface area contributed by atoms with Crippen molar-refractivity contribution in [2.75, 3.05) is 10.6 Å². The SMILES string of the molecule is Cc1cc(Nc2nc(Nc3cc(C)c(-c4ccc(C(N)=O)cc4)cc3C)ncc2Cl)n[nH]1. The summed E-state index contributed by atoms with van der Waals surface area (Å²) < 4.78 is 0. The van der Waals surface area contributed by atoms with Gasteiger partial charge in [0.1, 0.15) is 5.02 Å². The molecule has 4 rings (SSSR count). The number of aromatic amines is 1. The topological polar surface area (TPSA) is 122 Å². The number of nitrogens with zero attached hydrogens (tertiary/aromatic N) is 3. The van der Waals surface area contributed by atoms with Crippen molar-refractivity contribution in [3.05, 3.63) is 76.1 Å². The van der Waals surface area contributed by atoms with Gasteiger partial charge in [-0.2, -0.15) is 10.1 Å². The molecule has 0 spiro atoms. The predicted octanol–water partition coefficient (Wildman–Crippen LogP) is 5.03. The summed E-state index contributed by atoms with van der Waals surface area (Å²) in [4.78, 5) is 20.1. The Bertz CT molecular complexity index is 1300. The van der Waals surface area contributed by atoms with Crippen LogP contribution in [0, 0.1) is 20.8 Å². The highest BCUT2D eigenvalue weighted by Gasteiger charge is 2.11. The smallest absolute Gasteiger partial charge is 0.248 e. The lowest BCUT2D eigenvalue weighted by Gasteiger charge is -2.14. The number of aryl methyl sites for hydroxylation is 3. The van der Waals surface area contributed by atoms with Gasteiger partial charge in [0.05, 0.1) is 6.20 Å². The molecule has 2 aromatic heterocycles. The molecule has 0 bridgehead atoms. The van der Waals surface area contributed by atoms with Crippen LogP contribution in [0.1, 0.15) is 27.2 Å². The second kappa shape index (κ2) is 8.68. The van der Waals surface area contributed by atoms with Gasteiger partial charge in [-0.1, -0.05) is 23.7 Å². The van der Waals surface area contributed by atoms with Crippen LogP contribution in [0.5, 0.6) is 0 Å². The summed E-state index contributed by atoms with van der Waals surface area (Å²) in [5.41, 5.74) is 11.8. The van der Waals surface area contributed by atoms with E-state index in [0.717, 1.165) is 33.6 Å². The number of carbonyl (C=O) groups excluding carboxylic acids is 1. The number of primary amides is 1. The average Bonchev–Trinajstić information content (AvgIpc) is 3.17. The first kappa shape index (κ1) is 21.3. The lowest BCUT2D eigenvalue weighted by atomic mass is 9.96. The van der Waals surface area contributed by atoms with Crippen molar-refractivity contribution >= 4 is 40.8 Å². The highest BCUT2D eigenvalue weighted by Crippen LogP contribution is 2.31. The van der Waals surface area contributed by atoms with Gasteiger partial charge in [-0.3, -0.25) is 9.89 Å². The third-order valence-electron chi connectivity index (χ3n) is 4.99. The van der Waals surface area contributed by atoms with Crippen molar-refractivity contribution < 1.29 is 4.79 Å². The van der Waals surface area contributed by atoms with Gasteiger partial charge in [-0.15, -0.1) is 0 Å². The first-order valence-electron chi connectivity index (χ1n) is 9.90. The summed E-state index contributed by atoms with van der Waals surface area (Å²) in [6.07, 6.45) is 1.54. The molecule has 9 heteroatoms. The molecular formula is C23H22ClN7O. The Morgan fingerprint density at radius 3 is 2.44 bits per heavy atom. The van der Waals surface area contributed by atoms with Crippen molar-refractivity contribution in [1.29, 1.82) is 0 Å². The Labute approximate surface area is 190 Å². The molecule has 2 aromatic carbocycles. The van der Waals surface area contributed by atoms with E-state index < -0.39 is 5.91 Å². The standard InChI is InChI=1S/C23H22ClN7O/c1-12-9-19(13(2)8-17(12)15-4-6-16(7-5-15)21(25)32)27-23-26-11-18(24)22(29-23)28-20-10-14(3)30-31-20/h4-11H,1-3H3,(H2,25,32)(H3,26,27,28,29,30,31). The predicted molar refractivity (Wildman–Crippen MR) is 127 cm³/mol. The number of carbonyl (C=O) groups is 1. The average molecular weight is 448 g/mol. The minimum Gasteiger partial charge on any atom is -0.366 e. The van der Waals surface area contributed by atoms with Gasteiger partial charge >= 0.3 is 0 Å². The van der Waals surface area contributed by atoms with Crippen LogP contribution >= 0.6 is 11.6 Å². The quantitative estimate of drug-likeness (QED) is 0.329. The molecule has 0 aliphatic carbocycles. The molecule has 32 heavy (non-hydrogen) atoms. The molecule has 5 N–H and O–H groups in total. The second-order valence-electron chi connectivity index (χ2n) is 7.50. The number of anilines is 4. The summed E-state index contributed by atoms with van der Waals surface area (Å²) in [5.74, 6) is 1.04. The fourth-order valence-corrected chi connectivity index (χ4v) is 3.45. The Hall–Kier alpha value is -3.91. The summed E-state index contributed by atoms with van der Waals surface area (Å²) in [6.45, 7) is 5.94. The van der Waals surface area contributed by atoms with E-state index in [1.807, 2.05) is 45.0 Å². The zero-order chi connectivity index (χ0) is 22.8. The molecule has 0 aliphatic rings. The van der Waals surface area contributed by atoms with E-state index in [4.69, 9.17) is 17.3 Å². The number of hydrogen-bond acceptors (Lipinski definition) is 6. The molecule has 0 fully saturated rings. The summed E-state index contributed by atoms with van der Waals surface area (Å²) in [7, 11) is 0. The first-order chi connectivity index (χ1) is 15.3. The molecule has 4 aromatic rings. The van der Waals surface area contributed by atoms with Crippen LogP contribution in [0.15, 0.2) is 48.7 Å². The van der Waals surface area contributed by atoms with Crippen molar-refractivity contribution in [2.45, 2.75) is 20.8 Å². The summed E-state index contributed by atoms with van der Waals surface area (Å²) in [6, 6.07) is 13.2. The fourth-order valence-electron chi connectivity index (χ4n) is 3.31. The molecule has 0 saturated carbocycles. The zero-order valence-corrected chi connectivity index (χ0v) is 18.6. The van der Waals surface area contributed by atoms with E-state index in [-0.39, 0.29) is 0 Å². The number of H-pyrrole nitrogens is 1. The number of hydrogen-bond donors (Lipinski definition) is 4. The van der Waals surface area contributed by atoms with Gasteiger partial charge in [0.2, 0.25) is 11.9 Å². The summed E-state index contributed by atoms with van der Waals surface area (Å²) >= 11 is 6.25. The molecular weight excluding hydrogens is 426 g/mol. The van der Waals surface area contributed by atoms with Crippen LogP contribution in [-0.4, -0.2) is 26.1 Å². The van der Waals surface area contributed by atoms with E-state index in [0.29, 0.717) is 28.2 Å². The fraction of sp³-hybridized carbons (Fsp3) is 0.130. The Morgan fingerprint density at radius 1 is 1.03 bits per heavy atom. The number of benzene rings is 2. The second-order valence-corrected chi connectivity index (χ2v) is 7.91. The molecule has 0 saturated heterocycles. The highest BCUT2D eigenvalue weighted by atomic mass is 35.5. The normalized spacial score (nSPS) is 10.8. The molecule has 0 atom stereocenters. The van der Waals surface area contributed by atoms with E-state index in [1.54, 1.807) is 12.1 Å². The van der Waals surface area contributed by atoms with Gasteiger partial charge in [0.25, 0.3) is 0 Å². The lowest BCUT2D eigenvalue weighted by Crippen LogP contribution is -2.10. The molecule has 0 radical (unpaired) electrons. The third-order valence-corrected chi connectivity index (χ3v) is 5.27. The van der Waals surface area contributed by atoms with Crippen LogP contribution in [0.4, 0.5) is 23.3 Å². The number of halogens is 1. The van der Waals surface area contributed by atoms with Crippen molar-refractivity contribution in [3.8, 4) is 11.1 Å². The summed E-state index contributed by atoms with van der Waals surface area (Å²) in [5, 5.41) is 13.8. The van der Waals surface area contributed by atoms with Crippen molar-refractivity contribution in [1.82, 2.24) is 20.2 Å². The van der Waals surface area contributed by atoms with Gasteiger partial charge in [0.15, 0.2) is 11.6 Å². The Kier molecular flexibility index (Phi) is 5.79. The van der Waals surface area contributed by atoms with Crippen LogP contribution in [0.25, 0.3) is 11.1 Å². The Balaban J connectivity index is 1.59. The Morgan fingerprint density at radius 2 is 1.78 bits per heavy atom. The molecule has 0 aliphatic heterocycles. The zero-order valence-electron chi connectivity index (χ0n) is 17.8. The van der Waals surface area contributed by atoms with E-state index in [1.165, 1.54) is 6.20 Å². The number of amides is 1. The van der Waals surface area contributed by atoms with E-state index in [2.05, 4.69) is 36.9 Å². The maximum Gasteiger partial charge on any atom is 0.248 e. The van der Waals surface area contributed by atoms with Gasteiger partial charge in [-0.05, 0) is 67.3 Å². The maximum absolute atomic E-state index is 11.3. The van der Waals surface area contributed by atoms with Crippen LogP contribution in [0.3, 0.4) is 0 Å². The van der Waals surface area contributed by atoms with Crippen LogP contribution in [-0.2, 0) is 0 Å². The minimum atomic E-state index is -0.441. The molecule has 1 amide bonds. The van der Waals surface area contributed by atoms with Crippen LogP contribution < -0.4 is 16.4 Å². The number of aromatic nitrogens is 4. The number of rotatable bonds is 6. The molecule has 2 heterocycles. The third kappa shape index (κ3) is 4.55. The largest absolute Gasteiger partial charge is 0.366 e. The number of nitrogens with two attached hydrogens (primary N) is 1.